The van der Waals surface area contributed by atoms with E-state index in [2.05, 4.69) is 42.3 Å². The summed E-state index contributed by atoms with van der Waals surface area (Å²) in [6.07, 6.45) is 4.65. The number of benzene rings is 1. The van der Waals surface area contributed by atoms with Gasteiger partial charge in [-0.3, -0.25) is 9.59 Å². The first-order valence-corrected chi connectivity index (χ1v) is 10.4. The van der Waals surface area contributed by atoms with E-state index in [0.29, 0.717) is 5.92 Å². The zero-order chi connectivity index (χ0) is 18.9. The van der Waals surface area contributed by atoms with E-state index in [-0.39, 0.29) is 11.8 Å². The summed E-state index contributed by atoms with van der Waals surface area (Å²) in [4.78, 5) is 32.3. The Morgan fingerprint density at radius 2 is 1.44 bits per heavy atom. The average molecular weight is 370 g/mol. The monoisotopic (exact) mass is 369 g/mol. The number of piperidine rings is 1. The first-order valence-electron chi connectivity index (χ1n) is 10.4. The van der Waals surface area contributed by atoms with Crippen LogP contribution in [0, 0.1) is 11.3 Å². The third kappa shape index (κ3) is 3.88. The Balaban J connectivity index is 1.32. The molecule has 5 nitrogen and oxygen atoms in total. The highest BCUT2D eigenvalue weighted by molar-refractivity contribution is 6.07. The highest BCUT2D eigenvalue weighted by atomic mass is 16.2. The summed E-state index contributed by atoms with van der Waals surface area (Å²) in [7, 11) is 2.08. The number of nitrogens with zero attached hydrogens (tertiary/aromatic N) is 3. The second-order valence-electron chi connectivity index (χ2n) is 8.60. The normalized spacial score (nSPS) is 23.3. The second kappa shape index (κ2) is 7.63. The van der Waals surface area contributed by atoms with Gasteiger partial charge in [0.2, 0.25) is 11.8 Å². The number of carbonyl (C=O) groups is 2. The van der Waals surface area contributed by atoms with E-state index in [1.54, 1.807) is 0 Å². The number of rotatable bonds is 4. The van der Waals surface area contributed by atoms with Crippen molar-refractivity contribution in [2.24, 2.45) is 11.3 Å². The molecule has 0 unspecified atom stereocenters. The van der Waals surface area contributed by atoms with Crippen LogP contribution in [-0.2, 0) is 16.0 Å². The minimum atomic E-state index is -0.720. The van der Waals surface area contributed by atoms with E-state index in [1.165, 1.54) is 5.56 Å². The van der Waals surface area contributed by atoms with Gasteiger partial charge in [-0.25, -0.2) is 0 Å². The van der Waals surface area contributed by atoms with Crippen molar-refractivity contribution < 1.29 is 9.59 Å². The quantitative estimate of drug-likeness (QED) is 0.763. The molecule has 1 aromatic carbocycles. The van der Waals surface area contributed by atoms with Gasteiger partial charge in [0.25, 0.3) is 0 Å². The van der Waals surface area contributed by atoms with Gasteiger partial charge < -0.3 is 14.7 Å². The predicted octanol–water partition coefficient (Wildman–Crippen LogP) is 2.02. The number of hydrogen-bond acceptors (Lipinski definition) is 3. The Bertz CT molecular complexity index is 670. The molecule has 0 bridgehead atoms. The van der Waals surface area contributed by atoms with Crippen molar-refractivity contribution in [1.82, 2.24) is 14.7 Å². The molecule has 5 heteroatoms. The van der Waals surface area contributed by atoms with Gasteiger partial charge in [0.1, 0.15) is 5.41 Å². The Morgan fingerprint density at radius 1 is 0.889 bits per heavy atom. The molecule has 2 saturated heterocycles. The number of likely N-dealkylation sites (tertiary alicyclic amines) is 1. The number of amides is 2. The molecule has 1 saturated carbocycles. The van der Waals surface area contributed by atoms with Crippen LogP contribution < -0.4 is 0 Å². The lowest BCUT2D eigenvalue weighted by molar-refractivity contribution is -0.151. The van der Waals surface area contributed by atoms with Gasteiger partial charge in [-0.1, -0.05) is 30.3 Å². The molecule has 27 heavy (non-hydrogen) atoms. The number of piperazine rings is 1. The molecule has 0 N–H and O–H groups in total. The minimum Gasteiger partial charge on any atom is -0.342 e. The summed E-state index contributed by atoms with van der Waals surface area (Å²) < 4.78 is 0. The Labute approximate surface area is 162 Å². The van der Waals surface area contributed by atoms with E-state index in [4.69, 9.17) is 0 Å². The molecule has 2 heterocycles. The molecular formula is C22H31N3O2. The van der Waals surface area contributed by atoms with E-state index < -0.39 is 5.41 Å². The third-order valence-corrected chi connectivity index (χ3v) is 6.63. The van der Waals surface area contributed by atoms with Crippen molar-refractivity contribution in [3.8, 4) is 0 Å². The summed E-state index contributed by atoms with van der Waals surface area (Å²) in [6.45, 7) is 4.91. The van der Waals surface area contributed by atoms with Gasteiger partial charge in [0, 0.05) is 39.3 Å². The molecule has 2 amide bonds. The van der Waals surface area contributed by atoms with Gasteiger partial charge in [-0.15, -0.1) is 0 Å². The molecule has 1 aromatic rings. The Morgan fingerprint density at radius 3 is 2.00 bits per heavy atom. The zero-order valence-electron chi connectivity index (χ0n) is 16.4. The average Bonchev–Trinajstić information content (AvgIpc) is 3.51. The highest BCUT2D eigenvalue weighted by Gasteiger charge is 2.59. The fraction of sp³-hybridized carbons (Fsp3) is 0.636. The van der Waals surface area contributed by atoms with Gasteiger partial charge >= 0.3 is 0 Å². The fourth-order valence-electron chi connectivity index (χ4n) is 4.55. The van der Waals surface area contributed by atoms with Crippen molar-refractivity contribution in [1.29, 1.82) is 0 Å². The van der Waals surface area contributed by atoms with Crippen molar-refractivity contribution in [3.05, 3.63) is 35.9 Å². The summed E-state index contributed by atoms with van der Waals surface area (Å²) >= 11 is 0. The largest absolute Gasteiger partial charge is 0.342 e. The summed E-state index contributed by atoms with van der Waals surface area (Å²) in [5.74, 6) is 0.830. The first-order chi connectivity index (χ1) is 13.1. The molecule has 146 valence electrons. The van der Waals surface area contributed by atoms with Crippen LogP contribution in [0.15, 0.2) is 30.3 Å². The predicted molar refractivity (Wildman–Crippen MR) is 105 cm³/mol. The Kier molecular flexibility index (Phi) is 5.22. The SMILES string of the molecule is CN1CCN(C(=O)C2(C(=O)N3CCC(Cc4ccccc4)CC3)CC2)CC1. The van der Waals surface area contributed by atoms with Crippen LogP contribution in [0.4, 0.5) is 0 Å². The topological polar surface area (TPSA) is 43.9 Å². The Hall–Kier alpha value is -1.88. The van der Waals surface area contributed by atoms with Crippen molar-refractivity contribution in [2.45, 2.75) is 32.1 Å². The maximum atomic E-state index is 13.2. The first kappa shape index (κ1) is 18.5. The van der Waals surface area contributed by atoms with Crippen LogP contribution in [0.1, 0.15) is 31.2 Å². The highest BCUT2D eigenvalue weighted by Crippen LogP contribution is 2.49. The second-order valence-corrected chi connectivity index (χ2v) is 8.60. The van der Waals surface area contributed by atoms with Crippen LogP contribution in [0.5, 0.6) is 0 Å². The van der Waals surface area contributed by atoms with Gasteiger partial charge in [0.05, 0.1) is 0 Å². The van der Waals surface area contributed by atoms with Gasteiger partial charge in [0.15, 0.2) is 0 Å². The van der Waals surface area contributed by atoms with E-state index in [9.17, 15) is 9.59 Å². The zero-order valence-corrected chi connectivity index (χ0v) is 16.4. The van der Waals surface area contributed by atoms with Crippen molar-refractivity contribution in [3.63, 3.8) is 0 Å². The van der Waals surface area contributed by atoms with Crippen LogP contribution in [0.25, 0.3) is 0 Å². The van der Waals surface area contributed by atoms with Crippen LogP contribution in [0.2, 0.25) is 0 Å². The van der Waals surface area contributed by atoms with Gasteiger partial charge in [-0.05, 0) is 50.6 Å². The molecule has 2 aliphatic heterocycles. The van der Waals surface area contributed by atoms with E-state index in [0.717, 1.165) is 71.4 Å². The maximum absolute atomic E-state index is 13.2. The van der Waals surface area contributed by atoms with Crippen molar-refractivity contribution >= 4 is 11.8 Å². The van der Waals surface area contributed by atoms with E-state index in [1.807, 2.05) is 9.80 Å². The lowest BCUT2D eigenvalue weighted by Gasteiger charge is -2.37. The molecule has 0 spiro atoms. The molecule has 0 atom stereocenters. The van der Waals surface area contributed by atoms with E-state index >= 15 is 0 Å². The molecule has 4 rings (SSSR count). The minimum absolute atomic E-state index is 0.0898. The van der Waals surface area contributed by atoms with Crippen LogP contribution in [0.3, 0.4) is 0 Å². The molecule has 3 aliphatic rings. The lowest BCUT2D eigenvalue weighted by atomic mass is 9.89. The molecular weight excluding hydrogens is 338 g/mol. The van der Waals surface area contributed by atoms with Crippen LogP contribution >= 0.6 is 0 Å². The molecule has 0 aromatic heterocycles. The number of likely N-dealkylation sites (N-methyl/N-ethyl adjacent to an activating group) is 1. The standard InChI is InChI=1S/C22H31N3O2/c1-23-13-15-25(16-14-23)21(27)22(9-10-22)20(26)24-11-7-19(8-12-24)17-18-5-3-2-4-6-18/h2-6,19H,7-17H2,1H3. The maximum Gasteiger partial charge on any atom is 0.238 e. The summed E-state index contributed by atoms with van der Waals surface area (Å²) in [5, 5.41) is 0. The van der Waals surface area contributed by atoms with Crippen molar-refractivity contribution in [2.75, 3.05) is 46.3 Å². The number of carbonyl (C=O) groups excluding carboxylic acids is 2. The lowest BCUT2D eigenvalue weighted by Crippen LogP contribution is -2.53. The number of hydrogen-bond donors (Lipinski definition) is 0. The molecule has 0 radical (unpaired) electrons. The summed E-state index contributed by atoms with van der Waals surface area (Å²) in [5.41, 5.74) is 0.661. The van der Waals surface area contributed by atoms with Gasteiger partial charge in [-0.2, -0.15) is 0 Å². The van der Waals surface area contributed by atoms with Crippen LogP contribution in [-0.4, -0.2) is 72.8 Å². The third-order valence-electron chi connectivity index (χ3n) is 6.63. The summed E-state index contributed by atoms with van der Waals surface area (Å²) in [6, 6.07) is 10.6. The molecule has 1 aliphatic carbocycles. The fourth-order valence-corrected chi connectivity index (χ4v) is 4.55. The smallest absolute Gasteiger partial charge is 0.238 e. The molecule has 3 fully saturated rings.